The molecule has 0 unspecified atom stereocenters. The van der Waals surface area contributed by atoms with Gasteiger partial charge in [0.15, 0.2) is 23.3 Å². The van der Waals surface area contributed by atoms with E-state index in [1.807, 2.05) is 5.32 Å². The van der Waals surface area contributed by atoms with E-state index < -0.39 is 53.6 Å². The highest BCUT2D eigenvalue weighted by atomic mass is 19.2. The van der Waals surface area contributed by atoms with Crippen LogP contribution in [0.25, 0.3) is 4.85 Å². The first-order valence-electron chi connectivity index (χ1n) is 4.50. The van der Waals surface area contributed by atoms with E-state index in [1.165, 1.54) is 0 Å². The average molecular weight is 264 g/mol. The van der Waals surface area contributed by atoms with Crippen LogP contribution in [0.3, 0.4) is 0 Å². The highest BCUT2D eigenvalue weighted by molar-refractivity contribution is 5.79. The minimum atomic E-state index is -2.26. The van der Waals surface area contributed by atoms with Gasteiger partial charge >= 0.3 is 0 Å². The highest BCUT2D eigenvalue weighted by Gasteiger charge is 2.25. The number of amides is 1. The van der Waals surface area contributed by atoms with Gasteiger partial charge in [-0.25, -0.2) is 28.5 Å². The Morgan fingerprint density at radius 1 is 1.00 bits per heavy atom. The maximum atomic E-state index is 13.1. The molecule has 0 aromatic heterocycles. The molecule has 0 aliphatic rings. The fraction of sp³-hybridized carbons (Fsp3) is 0.200. The second kappa shape index (κ2) is 5.44. The zero-order valence-electron chi connectivity index (χ0n) is 8.66. The fourth-order valence-corrected chi connectivity index (χ4v) is 1.12. The zero-order chi connectivity index (χ0) is 13.9. The van der Waals surface area contributed by atoms with E-state index in [0.717, 1.165) is 0 Å². The number of carbonyl (C=O) groups excluding carboxylic acids is 1. The van der Waals surface area contributed by atoms with Crippen LogP contribution in [0.5, 0.6) is 0 Å². The molecule has 1 rings (SSSR count). The minimum Gasteiger partial charge on any atom is -0.345 e. The van der Waals surface area contributed by atoms with Crippen molar-refractivity contribution in [2.75, 3.05) is 6.54 Å². The molecule has 0 fully saturated rings. The van der Waals surface area contributed by atoms with Gasteiger partial charge in [0.1, 0.15) is 0 Å². The third-order valence-corrected chi connectivity index (χ3v) is 1.99. The predicted molar refractivity (Wildman–Crippen MR) is 49.5 cm³/mol. The summed E-state index contributed by atoms with van der Waals surface area (Å²) in [7, 11) is 0. The first kappa shape index (κ1) is 13.9. The van der Waals surface area contributed by atoms with Crippen LogP contribution < -0.4 is 5.32 Å². The molecule has 0 aliphatic heterocycles. The van der Waals surface area contributed by atoms with E-state index in [1.54, 1.807) is 0 Å². The van der Waals surface area contributed by atoms with E-state index >= 15 is 0 Å². The fourth-order valence-electron chi connectivity index (χ4n) is 1.12. The Balaban J connectivity index is 3.04. The van der Waals surface area contributed by atoms with Gasteiger partial charge in [-0.1, -0.05) is 0 Å². The molecule has 1 N–H and O–H groups in total. The van der Waals surface area contributed by atoms with E-state index in [4.69, 9.17) is 6.57 Å². The molecule has 1 aromatic rings. The summed E-state index contributed by atoms with van der Waals surface area (Å²) in [5, 5.41) is 1.87. The molecule has 3 nitrogen and oxygen atoms in total. The second-order valence-electron chi connectivity index (χ2n) is 3.14. The van der Waals surface area contributed by atoms with Crippen molar-refractivity contribution >= 4 is 5.91 Å². The average Bonchev–Trinajstić information content (AvgIpc) is 2.34. The Morgan fingerprint density at radius 3 is 1.89 bits per heavy atom. The van der Waals surface area contributed by atoms with Crippen LogP contribution in [0.2, 0.25) is 0 Å². The molecule has 18 heavy (non-hydrogen) atoms. The SMILES string of the molecule is [C-]#[N+]CC(=O)NCc1c(F)c(F)c(F)c(F)c1F. The molecule has 0 heterocycles. The first-order valence-corrected chi connectivity index (χ1v) is 4.50. The lowest BCUT2D eigenvalue weighted by molar-refractivity contribution is -0.119. The molecule has 8 heteroatoms. The molecule has 1 aromatic carbocycles. The lowest BCUT2D eigenvalue weighted by atomic mass is 10.1. The number of nitrogens with zero attached hydrogens (tertiary/aromatic N) is 1. The summed E-state index contributed by atoms with van der Waals surface area (Å²) in [5.41, 5.74) is -1.15. The lowest BCUT2D eigenvalue weighted by Gasteiger charge is -2.08. The van der Waals surface area contributed by atoms with Crippen molar-refractivity contribution in [2.45, 2.75) is 6.54 Å². The van der Waals surface area contributed by atoms with Crippen LogP contribution in [0.1, 0.15) is 5.56 Å². The Morgan fingerprint density at radius 2 is 1.44 bits per heavy atom. The van der Waals surface area contributed by atoms with Gasteiger partial charge in [-0.05, 0) is 0 Å². The van der Waals surface area contributed by atoms with Crippen molar-refractivity contribution in [1.29, 1.82) is 0 Å². The van der Waals surface area contributed by atoms with Gasteiger partial charge in [0.2, 0.25) is 5.82 Å². The molecule has 1 amide bonds. The van der Waals surface area contributed by atoms with E-state index in [-0.39, 0.29) is 0 Å². The van der Waals surface area contributed by atoms with Crippen LogP contribution >= 0.6 is 0 Å². The van der Waals surface area contributed by atoms with Crippen LogP contribution in [0.15, 0.2) is 0 Å². The molecule has 0 bridgehead atoms. The van der Waals surface area contributed by atoms with E-state index in [2.05, 4.69) is 4.85 Å². The van der Waals surface area contributed by atoms with Crippen LogP contribution in [-0.2, 0) is 11.3 Å². The normalized spacial score (nSPS) is 10.0. The van der Waals surface area contributed by atoms with E-state index in [0.29, 0.717) is 0 Å². The number of rotatable bonds is 3. The molecule has 0 atom stereocenters. The summed E-state index contributed by atoms with van der Waals surface area (Å²) >= 11 is 0. The van der Waals surface area contributed by atoms with Gasteiger partial charge in [0.25, 0.3) is 12.5 Å². The largest absolute Gasteiger partial charge is 0.345 e. The van der Waals surface area contributed by atoms with Gasteiger partial charge in [-0.15, -0.1) is 0 Å². The first-order chi connectivity index (χ1) is 8.40. The monoisotopic (exact) mass is 264 g/mol. The number of halogens is 5. The molecule has 96 valence electrons. The standard InChI is InChI=1S/C10H5F5N2O/c1-16-3-5(18)17-2-4-6(11)8(13)10(15)9(14)7(4)12/h2-3H2,(H,17,18). The van der Waals surface area contributed by atoms with Crippen molar-refractivity contribution in [3.8, 4) is 0 Å². The van der Waals surface area contributed by atoms with Crippen LogP contribution in [0, 0.1) is 35.7 Å². The quantitative estimate of drug-likeness (QED) is 0.385. The third-order valence-electron chi connectivity index (χ3n) is 1.99. The smallest absolute Gasteiger partial charge is 0.300 e. The maximum absolute atomic E-state index is 13.1. The van der Waals surface area contributed by atoms with Crippen LogP contribution in [-0.4, -0.2) is 12.5 Å². The summed E-state index contributed by atoms with van der Waals surface area (Å²) in [4.78, 5) is 13.5. The van der Waals surface area contributed by atoms with Crippen molar-refractivity contribution in [3.63, 3.8) is 0 Å². The molecular weight excluding hydrogens is 259 g/mol. The summed E-state index contributed by atoms with van der Waals surface area (Å²) < 4.78 is 64.4. The van der Waals surface area contributed by atoms with Gasteiger partial charge in [0, 0.05) is 12.1 Å². The third kappa shape index (κ3) is 2.56. The van der Waals surface area contributed by atoms with Gasteiger partial charge in [-0.2, -0.15) is 0 Å². The molecule has 0 saturated heterocycles. The molecule has 0 aliphatic carbocycles. The molecular formula is C10H5F5N2O. The lowest BCUT2D eigenvalue weighted by Crippen LogP contribution is -2.26. The Kier molecular flexibility index (Phi) is 4.20. The predicted octanol–water partition coefficient (Wildman–Crippen LogP) is 1.92. The van der Waals surface area contributed by atoms with Crippen molar-refractivity contribution < 1.29 is 26.7 Å². The Hall–Kier alpha value is -2.17. The second-order valence-corrected chi connectivity index (χ2v) is 3.14. The Labute approximate surface area is 98.0 Å². The van der Waals surface area contributed by atoms with Gasteiger partial charge in [0.05, 0.1) is 0 Å². The van der Waals surface area contributed by atoms with E-state index in [9.17, 15) is 26.7 Å². The molecule has 0 radical (unpaired) electrons. The number of hydrogen-bond acceptors (Lipinski definition) is 1. The van der Waals surface area contributed by atoms with Gasteiger partial charge < -0.3 is 10.2 Å². The number of carbonyl (C=O) groups is 1. The van der Waals surface area contributed by atoms with Crippen LogP contribution in [0.4, 0.5) is 22.0 Å². The van der Waals surface area contributed by atoms with Crippen molar-refractivity contribution in [3.05, 3.63) is 46.1 Å². The molecule has 0 saturated carbocycles. The zero-order valence-corrected chi connectivity index (χ0v) is 8.66. The summed E-state index contributed by atoms with van der Waals surface area (Å²) in [6.45, 7) is 4.85. The topological polar surface area (TPSA) is 33.5 Å². The maximum Gasteiger partial charge on any atom is 0.300 e. The number of nitrogens with one attached hydrogen (secondary N) is 1. The highest BCUT2D eigenvalue weighted by Crippen LogP contribution is 2.22. The summed E-state index contributed by atoms with van der Waals surface area (Å²) in [6.07, 6.45) is 0. The number of hydrogen-bond donors (Lipinski definition) is 1. The van der Waals surface area contributed by atoms with Gasteiger partial charge in [-0.3, -0.25) is 4.79 Å². The van der Waals surface area contributed by atoms with Crippen molar-refractivity contribution in [1.82, 2.24) is 5.32 Å². The molecule has 0 spiro atoms. The summed E-state index contributed by atoms with van der Waals surface area (Å²) in [5.74, 6) is -11.3. The Bertz CT molecular complexity index is 509. The minimum absolute atomic E-state index is 0.602. The summed E-state index contributed by atoms with van der Waals surface area (Å²) in [6, 6.07) is 0. The van der Waals surface area contributed by atoms with Crippen molar-refractivity contribution in [2.24, 2.45) is 0 Å². The number of benzene rings is 1.